The Kier molecular flexibility index (Phi) is 5.43. The highest BCUT2D eigenvalue weighted by Crippen LogP contribution is 2.25. The van der Waals surface area contributed by atoms with Crippen LogP contribution in [0.1, 0.15) is 0 Å². The van der Waals surface area contributed by atoms with Crippen molar-refractivity contribution in [3.63, 3.8) is 0 Å². The molecule has 1 amide bonds. The van der Waals surface area contributed by atoms with E-state index in [1.54, 1.807) is 42.5 Å². The Morgan fingerprint density at radius 3 is 2.59 bits per heavy atom. The molecule has 8 heteroatoms. The number of nitrogens with one attached hydrogen (secondary N) is 2. The molecule has 0 fully saturated rings. The number of thiocarbonyl (C=S) groups is 1. The standard InChI is InChI=1S/C14H12Cl2N4OS/c15-12-5-4-10(7-13(12)16)18-14(22)19-20(8-21)11-3-1-2-9(17)6-11/h1-8H,17H2,(H2,18,19,22). The molecule has 5 nitrogen and oxygen atoms in total. The van der Waals surface area contributed by atoms with Gasteiger partial charge in [0.05, 0.1) is 15.7 Å². The minimum absolute atomic E-state index is 0.216. The fourth-order valence-electron chi connectivity index (χ4n) is 1.67. The summed E-state index contributed by atoms with van der Waals surface area (Å²) in [7, 11) is 0. The van der Waals surface area contributed by atoms with E-state index in [-0.39, 0.29) is 5.11 Å². The van der Waals surface area contributed by atoms with Gasteiger partial charge in [0.2, 0.25) is 6.41 Å². The van der Waals surface area contributed by atoms with E-state index < -0.39 is 0 Å². The van der Waals surface area contributed by atoms with Gasteiger partial charge < -0.3 is 11.1 Å². The van der Waals surface area contributed by atoms with E-state index in [1.165, 1.54) is 5.01 Å². The predicted octanol–water partition coefficient (Wildman–Crippen LogP) is 3.44. The molecule has 114 valence electrons. The minimum atomic E-state index is 0.216. The van der Waals surface area contributed by atoms with Crippen LogP contribution in [0.3, 0.4) is 0 Å². The predicted molar refractivity (Wildman–Crippen MR) is 95.2 cm³/mol. The van der Waals surface area contributed by atoms with Crippen LogP contribution < -0.4 is 21.5 Å². The molecule has 4 N–H and O–H groups in total. The average Bonchev–Trinajstić information content (AvgIpc) is 2.48. The number of hydrogen-bond acceptors (Lipinski definition) is 3. The molecule has 2 aromatic carbocycles. The molecule has 0 aromatic heterocycles. The van der Waals surface area contributed by atoms with E-state index in [2.05, 4.69) is 10.7 Å². The lowest BCUT2D eigenvalue weighted by atomic mass is 10.3. The molecular weight excluding hydrogens is 343 g/mol. The van der Waals surface area contributed by atoms with Crippen molar-refractivity contribution in [1.82, 2.24) is 5.43 Å². The summed E-state index contributed by atoms with van der Waals surface area (Å²) >= 11 is 16.9. The molecule has 0 heterocycles. The first kappa shape index (κ1) is 16.4. The number of hydrazine groups is 1. The van der Waals surface area contributed by atoms with Crippen LogP contribution >= 0.6 is 35.4 Å². The van der Waals surface area contributed by atoms with Crippen LogP contribution in [0.5, 0.6) is 0 Å². The van der Waals surface area contributed by atoms with Crippen LogP contribution in [0.2, 0.25) is 10.0 Å². The Balaban J connectivity index is 2.06. The number of hydrogen-bond donors (Lipinski definition) is 3. The van der Waals surface area contributed by atoms with E-state index in [1.807, 2.05) is 0 Å². The average molecular weight is 355 g/mol. The van der Waals surface area contributed by atoms with Crippen molar-refractivity contribution in [3.8, 4) is 0 Å². The first-order chi connectivity index (χ1) is 10.5. The summed E-state index contributed by atoms with van der Waals surface area (Å²) in [5.41, 5.74) is 10.2. The van der Waals surface area contributed by atoms with E-state index >= 15 is 0 Å². The topological polar surface area (TPSA) is 70.4 Å². The maximum Gasteiger partial charge on any atom is 0.232 e. The van der Waals surface area contributed by atoms with Gasteiger partial charge >= 0.3 is 0 Å². The van der Waals surface area contributed by atoms with Gasteiger partial charge in [0.1, 0.15) is 0 Å². The number of carbonyl (C=O) groups excluding carboxylic acids is 1. The van der Waals surface area contributed by atoms with Crippen molar-refractivity contribution in [3.05, 3.63) is 52.5 Å². The first-order valence-electron chi connectivity index (χ1n) is 6.12. The number of amides is 1. The molecule has 22 heavy (non-hydrogen) atoms. The lowest BCUT2D eigenvalue weighted by Gasteiger charge is -2.21. The third-order valence-corrected chi connectivity index (χ3v) is 3.59. The lowest BCUT2D eigenvalue weighted by Crippen LogP contribution is -2.43. The van der Waals surface area contributed by atoms with Gasteiger partial charge in [-0.2, -0.15) is 0 Å². The molecule has 0 saturated carbocycles. The van der Waals surface area contributed by atoms with Crippen molar-refractivity contribution in [2.24, 2.45) is 0 Å². The molecular formula is C14H12Cl2N4OS. The Bertz CT molecular complexity index is 711. The van der Waals surface area contributed by atoms with E-state index in [9.17, 15) is 4.79 Å². The van der Waals surface area contributed by atoms with Crippen LogP contribution in [-0.2, 0) is 4.79 Å². The number of rotatable bonds is 4. The van der Waals surface area contributed by atoms with Crippen molar-refractivity contribution < 1.29 is 4.79 Å². The minimum Gasteiger partial charge on any atom is -0.399 e. The largest absolute Gasteiger partial charge is 0.399 e. The Morgan fingerprint density at radius 1 is 1.18 bits per heavy atom. The van der Waals surface area contributed by atoms with Gasteiger partial charge in [0.25, 0.3) is 0 Å². The highest BCUT2D eigenvalue weighted by molar-refractivity contribution is 7.80. The quantitative estimate of drug-likeness (QED) is 0.339. The zero-order chi connectivity index (χ0) is 16.1. The number of halogens is 2. The van der Waals surface area contributed by atoms with Crippen LogP contribution in [0, 0.1) is 0 Å². The van der Waals surface area contributed by atoms with Gasteiger partial charge in [0, 0.05) is 11.4 Å². The monoisotopic (exact) mass is 354 g/mol. The second kappa shape index (κ2) is 7.31. The van der Waals surface area contributed by atoms with Gasteiger partial charge in [-0.1, -0.05) is 29.3 Å². The maximum absolute atomic E-state index is 11.2. The van der Waals surface area contributed by atoms with E-state index in [0.717, 1.165) is 0 Å². The van der Waals surface area contributed by atoms with Crippen LogP contribution in [0.15, 0.2) is 42.5 Å². The number of anilines is 3. The van der Waals surface area contributed by atoms with Crippen molar-refractivity contribution in [1.29, 1.82) is 0 Å². The summed E-state index contributed by atoms with van der Waals surface area (Å²) in [5.74, 6) is 0. The van der Waals surface area contributed by atoms with Gasteiger partial charge in [-0.3, -0.25) is 10.2 Å². The molecule has 2 rings (SSSR count). The summed E-state index contributed by atoms with van der Waals surface area (Å²) in [6, 6.07) is 11.8. The third-order valence-electron chi connectivity index (χ3n) is 2.65. The molecule has 0 aliphatic carbocycles. The molecule has 0 aliphatic rings. The number of carbonyl (C=O) groups is 1. The van der Waals surface area contributed by atoms with Crippen molar-refractivity contribution in [2.75, 3.05) is 16.1 Å². The van der Waals surface area contributed by atoms with Gasteiger partial charge in [0.15, 0.2) is 5.11 Å². The first-order valence-corrected chi connectivity index (χ1v) is 7.29. The molecule has 0 aliphatic heterocycles. The Morgan fingerprint density at radius 2 is 1.95 bits per heavy atom. The molecule has 0 radical (unpaired) electrons. The van der Waals surface area contributed by atoms with Crippen LogP contribution in [-0.4, -0.2) is 11.5 Å². The maximum atomic E-state index is 11.2. The number of nitrogens with zero attached hydrogens (tertiary/aromatic N) is 1. The smallest absolute Gasteiger partial charge is 0.232 e. The van der Waals surface area contributed by atoms with Gasteiger partial charge in [-0.25, -0.2) is 5.01 Å². The molecule has 0 bridgehead atoms. The summed E-state index contributed by atoms with van der Waals surface area (Å²) in [4.78, 5) is 11.2. The van der Waals surface area contributed by atoms with Gasteiger partial charge in [-0.05, 0) is 48.6 Å². The molecule has 0 unspecified atom stereocenters. The van der Waals surface area contributed by atoms with E-state index in [0.29, 0.717) is 33.5 Å². The highest BCUT2D eigenvalue weighted by Gasteiger charge is 2.08. The molecule has 0 saturated heterocycles. The fraction of sp³-hybridized carbons (Fsp3) is 0. The SMILES string of the molecule is Nc1cccc(N(C=O)NC(=S)Nc2ccc(Cl)c(Cl)c2)c1. The number of benzene rings is 2. The second-order valence-electron chi connectivity index (χ2n) is 4.27. The third kappa shape index (κ3) is 4.24. The van der Waals surface area contributed by atoms with Crippen LogP contribution in [0.4, 0.5) is 17.1 Å². The van der Waals surface area contributed by atoms with Gasteiger partial charge in [-0.15, -0.1) is 0 Å². The lowest BCUT2D eigenvalue weighted by molar-refractivity contribution is -0.107. The normalized spacial score (nSPS) is 9.91. The highest BCUT2D eigenvalue weighted by atomic mass is 35.5. The Labute approximate surface area is 143 Å². The second-order valence-corrected chi connectivity index (χ2v) is 5.49. The zero-order valence-corrected chi connectivity index (χ0v) is 13.5. The van der Waals surface area contributed by atoms with Crippen molar-refractivity contribution in [2.45, 2.75) is 0 Å². The summed E-state index contributed by atoms with van der Waals surface area (Å²) in [6.45, 7) is 0. The molecule has 2 aromatic rings. The van der Waals surface area contributed by atoms with Crippen molar-refractivity contribution >= 4 is 64.0 Å². The molecule has 0 atom stereocenters. The summed E-state index contributed by atoms with van der Waals surface area (Å²) in [6.07, 6.45) is 0.595. The number of nitrogens with two attached hydrogens (primary N) is 1. The number of nitrogen functional groups attached to an aromatic ring is 1. The Hall–Kier alpha value is -2.02. The molecule has 0 spiro atoms. The summed E-state index contributed by atoms with van der Waals surface area (Å²) in [5, 5.41) is 5.18. The fourth-order valence-corrected chi connectivity index (χ4v) is 2.18. The zero-order valence-electron chi connectivity index (χ0n) is 11.2. The van der Waals surface area contributed by atoms with E-state index in [4.69, 9.17) is 41.2 Å². The summed E-state index contributed by atoms with van der Waals surface area (Å²) < 4.78 is 0. The van der Waals surface area contributed by atoms with Crippen LogP contribution in [0.25, 0.3) is 0 Å².